The molecule has 0 fully saturated rings. The highest BCUT2D eigenvalue weighted by molar-refractivity contribution is 7.90. The van der Waals surface area contributed by atoms with Crippen LogP contribution in [0.2, 0.25) is 0 Å². The molecule has 29 heavy (non-hydrogen) atoms. The van der Waals surface area contributed by atoms with Crippen molar-refractivity contribution in [1.82, 2.24) is 4.31 Å². The number of fused-ring (bicyclic) bond motifs is 1. The smallest absolute Gasteiger partial charge is 0.269 e. The van der Waals surface area contributed by atoms with Crippen LogP contribution in [0.1, 0.15) is 16.8 Å². The zero-order chi connectivity index (χ0) is 20.4. The van der Waals surface area contributed by atoms with Gasteiger partial charge in [-0.05, 0) is 23.8 Å². The van der Waals surface area contributed by atoms with Gasteiger partial charge in [0, 0.05) is 24.2 Å². The maximum atomic E-state index is 12.6. The minimum atomic E-state index is -3.91. The van der Waals surface area contributed by atoms with Crippen LogP contribution in [0.5, 0.6) is 0 Å². The number of rotatable bonds is 5. The van der Waals surface area contributed by atoms with Crippen molar-refractivity contribution in [3.05, 3.63) is 84.4 Å². The van der Waals surface area contributed by atoms with Gasteiger partial charge in [-0.2, -0.15) is 0 Å². The molecular formula is C22H18N2O4S. The number of anilines is 1. The van der Waals surface area contributed by atoms with E-state index in [1.807, 2.05) is 48.5 Å². The van der Waals surface area contributed by atoms with Crippen molar-refractivity contribution >= 4 is 27.5 Å². The van der Waals surface area contributed by atoms with Gasteiger partial charge in [0.2, 0.25) is 5.91 Å². The third-order valence-corrected chi connectivity index (χ3v) is 6.58. The number of nitrogens with one attached hydrogen (secondary N) is 1. The monoisotopic (exact) mass is 406 g/mol. The van der Waals surface area contributed by atoms with E-state index in [-0.39, 0.29) is 29.3 Å². The second-order valence-corrected chi connectivity index (χ2v) is 8.42. The van der Waals surface area contributed by atoms with Crippen molar-refractivity contribution in [2.24, 2.45) is 0 Å². The van der Waals surface area contributed by atoms with Crippen molar-refractivity contribution in [3.63, 3.8) is 0 Å². The summed E-state index contributed by atoms with van der Waals surface area (Å²) in [6.45, 7) is -0.213. The molecule has 0 unspecified atom stereocenters. The predicted octanol–water partition coefficient (Wildman–Crippen LogP) is 3.53. The van der Waals surface area contributed by atoms with E-state index in [0.29, 0.717) is 5.69 Å². The van der Waals surface area contributed by atoms with E-state index in [1.165, 1.54) is 12.1 Å². The Hall–Kier alpha value is -3.45. The van der Waals surface area contributed by atoms with Gasteiger partial charge in [-0.1, -0.05) is 60.7 Å². The molecule has 2 amide bonds. The predicted molar refractivity (Wildman–Crippen MR) is 110 cm³/mol. The molecule has 0 saturated heterocycles. The van der Waals surface area contributed by atoms with Gasteiger partial charge in [0.15, 0.2) is 0 Å². The molecule has 0 aromatic heterocycles. The van der Waals surface area contributed by atoms with Crippen LogP contribution in [0.3, 0.4) is 0 Å². The van der Waals surface area contributed by atoms with Gasteiger partial charge in [-0.15, -0.1) is 0 Å². The number of amides is 2. The molecule has 0 saturated carbocycles. The van der Waals surface area contributed by atoms with E-state index < -0.39 is 15.9 Å². The minimum absolute atomic E-state index is 0.0140. The standard InChI is InChI=1S/C22H18N2O4S/c25-21(23-19-12-6-4-10-17(19)16-8-2-1-3-9-16)14-15-24-22(26)18-11-5-7-13-20(18)29(24,27)28/h1-13H,14-15H2,(H,23,25). The highest BCUT2D eigenvalue weighted by Gasteiger charge is 2.40. The van der Waals surface area contributed by atoms with Gasteiger partial charge in [0.1, 0.15) is 4.90 Å². The third-order valence-electron chi connectivity index (χ3n) is 4.74. The number of hydrogen-bond donors (Lipinski definition) is 1. The lowest BCUT2D eigenvalue weighted by atomic mass is 10.0. The van der Waals surface area contributed by atoms with Crippen molar-refractivity contribution in [3.8, 4) is 11.1 Å². The van der Waals surface area contributed by atoms with Gasteiger partial charge in [0.25, 0.3) is 15.9 Å². The van der Waals surface area contributed by atoms with Crippen LogP contribution in [-0.4, -0.2) is 31.1 Å². The number of nitrogens with zero attached hydrogens (tertiary/aromatic N) is 1. The van der Waals surface area contributed by atoms with E-state index in [2.05, 4.69) is 5.32 Å². The summed E-state index contributed by atoms with van der Waals surface area (Å²) < 4.78 is 25.9. The van der Waals surface area contributed by atoms with Crippen LogP contribution in [0.4, 0.5) is 5.69 Å². The Labute approximate surface area is 168 Å². The first-order valence-electron chi connectivity index (χ1n) is 9.09. The summed E-state index contributed by atoms with van der Waals surface area (Å²) in [5, 5.41) is 2.82. The average molecular weight is 406 g/mol. The van der Waals surface area contributed by atoms with E-state index in [1.54, 1.807) is 18.2 Å². The average Bonchev–Trinajstić information content (AvgIpc) is 2.93. The highest BCUT2D eigenvalue weighted by atomic mass is 32.2. The van der Waals surface area contributed by atoms with Gasteiger partial charge in [-0.3, -0.25) is 9.59 Å². The fourth-order valence-corrected chi connectivity index (χ4v) is 4.90. The van der Waals surface area contributed by atoms with Gasteiger partial charge >= 0.3 is 0 Å². The molecule has 1 aliphatic heterocycles. The third kappa shape index (κ3) is 3.52. The van der Waals surface area contributed by atoms with Crippen LogP contribution in [-0.2, 0) is 14.8 Å². The molecule has 0 spiro atoms. The lowest BCUT2D eigenvalue weighted by Gasteiger charge is -2.15. The van der Waals surface area contributed by atoms with Crippen LogP contribution in [0, 0.1) is 0 Å². The first kappa shape index (κ1) is 18.9. The number of carbonyl (C=O) groups excluding carboxylic acids is 2. The summed E-state index contributed by atoms with van der Waals surface area (Å²) in [6.07, 6.45) is -0.137. The van der Waals surface area contributed by atoms with Gasteiger partial charge in [0.05, 0.1) is 5.56 Å². The molecule has 0 atom stereocenters. The second-order valence-electron chi connectivity index (χ2n) is 6.59. The SMILES string of the molecule is O=C(CCN1C(=O)c2ccccc2S1(=O)=O)Nc1ccccc1-c1ccccc1. The summed E-state index contributed by atoms with van der Waals surface area (Å²) in [5.74, 6) is -0.967. The largest absolute Gasteiger partial charge is 0.325 e. The molecule has 3 aromatic carbocycles. The molecule has 7 heteroatoms. The molecule has 0 aliphatic carbocycles. The Morgan fingerprint density at radius 1 is 0.828 bits per heavy atom. The number of hydrogen-bond acceptors (Lipinski definition) is 4. The lowest BCUT2D eigenvalue weighted by Crippen LogP contribution is -2.33. The molecule has 6 nitrogen and oxygen atoms in total. The Morgan fingerprint density at radius 3 is 2.17 bits per heavy atom. The summed E-state index contributed by atoms with van der Waals surface area (Å²) >= 11 is 0. The number of benzene rings is 3. The zero-order valence-corrected chi connectivity index (χ0v) is 16.2. The number of sulfonamides is 1. The summed E-state index contributed by atoms with van der Waals surface area (Å²) in [4.78, 5) is 24.9. The fraction of sp³-hybridized carbons (Fsp3) is 0.0909. The van der Waals surface area contributed by atoms with E-state index in [0.717, 1.165) is 15.4 Å². The molecule has 0 radical (unpaired) electrons. The second kappa shape index (κ2) is 7.52. The molecule has 0 bridgehead atoms. The van der Waals surface area contributed by atoms with Gasteiger partial charge in [-0.25, -0.2) is 12.7 Å². The molecule has 146 valence electrons. The van der Waals surface area contributed by atoms with Crippen LogP contribution in [0.15, 0.2) is 83.8 Å². The first-order chi connectivity index (χ1) is 14.0. The van der Waals surface area contributed by atoms with Crippen molar-refractivity contribution < 1.29 is 18.0 Å². The fourth-order valence-electron chi connectivity index (χ4n) is 3.33. The van der Waals surface area contributed by atoms with Crippen molar-refractivity contribution in [1.29, 1.82) is 0 Å². The highest BCUT2D eigenvalue weighted by Crippen LogP contribution is 2.30. The topological polar surface area (TPSA) is 83.6 Å². The summed E-state index contributed by atoms with van der Waals surface area (Å²) in [5.41, 5.74) is 2.58. The van der Waals surface area contributed by atoms with Crippen molar-refractivity contribution in [2.75, 3.05) is 11.9 Å². The molecule has 1 heterocycles. The summed E-state index contributed by atoms with van der Waals surface area (Å²) in [6, 6.07) is 23.1. The lowest BCUT2D eigenvalue weighted by molar-refractivity contribution is -0.116. The Kier molecular flexibility index (Phi) is 4.90. The first-order valence-corrected chi connectivity index (χ1v) is 10.5. The zero-order valence-electron chi connectivity index (χ0n) is 15.4. The molecular weight excluding hydrogens is 388 g/mol. The quantitative estimate of drug-likeness (QED) is 0.703. The van der Waals surface area contributed by atoms with Crippen LogP contribution < -0.4 is 5.32 Å². The maximum Gasteiger partial charge on any atom is 0.269 e. The van der Waals surface area contributed by atoms with E-state index in [9.17, 15) is 18.0 Å². The number of carbonyl (C=O) groups is 2. The van der Waals surface area contributed by atoms with E-state index >= 15 is 0 Å². The van der Waals surface area contributed by atoms with Gasteiger partial charge < -0.3 is 5.32 Å². The molecule has 3 aromatic rings. The van der Waals surface area contributed by atoms with Crippen LogP contribution >= 0.6 is 0 Å². The molecule has 1 N–H and O–H groups in total. The Morgan fingerprint density at radius 2 is 1.45 bits per heavy atom. The Balaban J connectivity index is 1.48. The van der Waals surface area contributed by atoms with E-state index in [4.69, 9.17) is 0 Å². The Bertz CT molecular complexity index is 1190. The van der Waals surface area contributed by atoms with Crippen molar-refractivity contribution in [2.45, 2.75) is 11.3 Å². The summed E-state index contributed by atoms with van der Waals surface area (Å²) in [7, 11) is -3.91. The molecule has 4 rings (SSSR count). The minimum Gasteiger partial charge on any atom is -0.325 e. The maximum absolute atomic E-state index is 12.6. The normalized spacial score (nSPS) is 14.5. The number of para-hydroxylation sites is 1. The molecule has 1 aliphatic rings. The van der Waals surface area contributed by atoms with Crippen LogP contribution in [0.25, 0.3) is 11.1 Å².